The predicted octanol–water partition coefficient (Wildman–Crippen LogP) is 5.32. The molecule has 0 amide bonds. The lowest BCUT2D eigenvalue weighted by atomic mass is 9.73. The minimum absolute atomic E-state index is 0.0218. The van der Waals surface area contributed by atoms with E-state index >= 15 is 4.39 Å². The van der Waals surface area contributed by atoms with Gasteiger partial charge in [0.25, 0.3) is 0 Å². The molecule has 0 aromatic heterocycles. The van der Waals surface area contributed by atoms with E-state index in [9.17, 15) is 18.0 Å². The molecule has 0 aliphatic carbocycles. The number of thioether (sulfide) groups is 1. The van der Waals surface area contributed by atoms with E-state index in [1.165, 1.54) is 18.2 Å². The van der Waals surface area contributed by atoms with Crippen molar-refractivity contribution in [1.82, 2.24) is 0 Å². The average Bonchev–Trinajstić information content (AvgIpc) is 3.34. The Balaban J connectivity index is 1.56. The van der Waals surface area contributed by atoms with Crippen LogP contribution in [0.25, 0.3) is 0 Å². The zero-order valence-corrected chi connectivity index (χ0v) is 22.3. The quantitative estimate of drug-likeness (QED) is 0.287. The van der Waals surface area contributed by atoms with Crippen LogP contribution in [0.2, 0.25) is 0 Å². The summed E-state index contributed by atoms with van der Waals surface area (Å²) < 4.78 is 74.9. The molecule has 0 bridgehead atoms. The summed E-state index contributed by atoms with van der Waals surface area (Å²) >= 11 is 1.09. The number of hydrogen-bond acceptors (Lipinski definition) is 6. The number of carbonyl (C=O) groups excluding carboxylic acids is 1. The number of benzene rings is 2. The molecule has 3 aliphatic rings. The number of carbonyl (C=O) groups is 1. The molecule has 5 rings (SSSR count). The fourth-order valence-electron chi connectivity index (χ4n) is 5.09. The number of hydrogen-bond donors (Lipinski definition) is 0. The molecule has 2 fully saturated rings. The number of fused-ring (bicyclic) bond motifs is 1. The van der Waals surface area contributed by atoms with Crippen LogP contribution < -0.4 is 5.46 Å². The lowest BCUT2D eigenvalue weighted by Gasteiger charge is -2.37. The monoisotopic (exact) mass is 549 g/mol. The zero-order chi connectivity index (χ0) is 27.5. The molecule has 2 aromatic carbocycles. The van der Waals surface area contributed by atoms with Gasteiger partial charge >= 0.3 is 13.3 Å². The van der Waals surface area contributed by atoms with Crippen LogP contribution in [0.4, 0.5) is 17.6 Å². The molecule has 5 nitrogen and oxygen atoms in total. The maximum atomic E-state index is 15.5. The van der Waals surface area contributed by atoms with Crippen molar-refractivity contribution in [2.45, 2.75) is 63.1 Å². The number of ether oxygens (including phenoxy) is 1. The molecule has 11 heteroatoms. The second kappa shape index (κ2) is 9.47. The first-order valence-electron chi connectivity index (χ1n) is 12.4. The SMILES string of the molecule is CC1(C)OB(c2ccc(F)c([C@]34CO[C@H](C(F)(F)F)[C@H]3CSC(CC(=O)c3ccccc3)=N4)c2)OC1(C)C. The van der Waals surface area contributed by atoms with Crippen LogP contribution in [0.3, 0.4) is 0 Å². The van der Waals surface area contributed by atoms with Crippen molar-refractivity contribution in [2.75, 3.05) is 12.4 Å². The fraction of sp³-hybridized carbons (Fsp3) is 0.481. The number of aliphatic imine (C=N–C) groups is 1. The molecule has 0 radical (unpaired) electrons. The number of Topliss-reactive ketones (excluding diaryl/α,β-unsaturated/α-hetero) is 1. The van der Waals surface area contributed by atoms with Crippen molar-refractivity contribution in [3.05, 3.63) is 65.5 Å². The molecule has 0 N–H and O–H groups in total. The van der Waals surface area contributed by atoms with E-state index in [-0.39, 0.29) is 23.5 Å². The molecule has 3 atom stereocenters. The van der Waals surface area contributed by atoms with Crippen LogP contribution in [0.1, 0.15) is 50.0 Å². The molecule has 202 valence electrons. The van der Waals surface area contributed by atoms with Gasteiger partial charge in [-0.3, -0.25) is 9.79 Å². The highest BCUT2D eigenvalue weighted by Gasteiger charge is 2.62. The van der Waals surface area contributed by atoms with Gasteiger partial charge in [-0.2, -0.15) is 13.2 Å². The van der Waals surface area contributed by atoms with E-state index in [2.05, 4.69) is 4.99 Å². The second-order valence-corrected chi connectivity index (χ2v) is 12.0. The van der Waals surface area contributed by atoms with E-state index in [0.717, 1.165) is 11.8 Å². The van der Waals surface area contributed by atoms with Crippen LogP contribution in [0.5, 0.6) is 0 Å². The Bertz CT molecular complexity index is 1250. The molecule has 2 aromatic rings. The third-order valence-corrected chi connectivity index (χ3v) is 9.02. The van der Waals surface area contributed by atoms with Crippen LogP contribution in [-0.4, -0.2) is 53.8 Å². The lowest BCUT2D eigenvalue weighted by Crippen LogP contribution is -2.46. The molecule has 2 saturated heterocycles. The Hall–Kier alpha value is -2.21. The van der Waals surface area contributed by atoms with Gasteiger partial charge in [-0.05, 0) is 39.2 Å². The van der Waals surface area contributed by atoms with Crippen molar-refractivity contribution in [2.24, 2.45) is 10.9 Å². The predicted molar refractivity (Wildman–Crippen MR) is 138 cm³/mol. The lowest BCUT2D eigenvalue weighted by molar-refractivity contribution is -0.215. The van der Waals surface area contributed by atoms with Crippen LogP contribution in [-0.2, 0) is 19.6 Å². The summed E-state index contributed by atoms with van der Waals surface area (Å²) in [4.78, 5) is 17.5. The summed E-state index contributed by atoms with van der Waals surface area (Å²) in [5.74, 6) is -2.12. The standard InChI is InChI=1S/C27H28BF4NO4S/c1-24(2)25(3,4)37-28(36-24)17-10-11-20(29)18(12-17)26-15-35-23(27(30,31)32)19(26)14-38-22(33-26)13-21(34)16-8-6-5-7-9-16/h5-12,19,23H,13-15H2,1-4H3/t19-,23+,26-/m1/s1. The Labute approximate surface area is 223 Å². The summed E-state index contributed by atoms with van der Waals surface area (Å²) in [6.07, 6.45) is -6.86. The minimum Gasteiger partial charge on any atom is -0.399 e. The molecule has 3 heterocycles. The molecular weight excluding hydrogens is 521 g/mol. The summed E-state index contributed by atoms with van der Waals surface area (Å²) in [5.41, 5.74) is -2.05. The number of rotatable bonds is 5. The van der Waals surface area contributed by atoms with E-state index in [1.807, 2.05) is 27.7 Å². The van der Waals surface area contributed by atoms with E-state index in [1.54, 1.807) is 30.3 Å². The van der Waals surface area contributed by atoms with Crippen molar-refractivity contribution in [1.29, 1.82) is 0 Å². The Morgan fingerprint density at radius 2 is 1.74 bits per heavy atom. The highest BCUT2D eigenvalue weighted by Crippen LogP contribution is 2.52. The minimum atomic E-state index is -4.65. The van der Waals surface area contributed by atoms with Crippen LogP contribution in [0.15, 0.2) is 53.5 Å². The Kier molecular flexibility index (Phi) is 6.82. The molecule has 3 aliphatic heterocycles. The third kappa shape index (κ3) is 4.72. The fourth-order valence-corrected chi connectivity index (χ4v) is 6.37. The van der Waals surface area contributed by atoms with Gasteiger partial charge in [-0.1, -0.05) is 42.5 Å². The van der Waals surface area contributed by atoms with Crippen LogP contribution in [0, 0.1) is 11.7 Å². The smallest absolute Gasteiger partial charge is 0.399 e. The highest BCUT2D eigenvalue weighted by molar-refractivity contribution is 8.14. The van der Waals surface area contributed by atoms with E-state index in [4.69, 9.17) is 14.0 Å². The third-order valence-electron chi connectivity index (χ3n) is 7.93. The molecule has 0 saturated carbocycles. The summed E-state index contributed by atoms with van der Waals surface area (Å²) in [5, 5.41) is 0.349. The Morgan fingerprint density at radius 3 is 2.37 bits per heavy atom. The van der Waals surface area contributed by atoms with Crippen molar-refractivity contribution in [3.8, 4) is 0 Å². The second-order valence-electron chi connectivity index (χ2n) is 10.9. The first-order valence-corrected chi connectivity index (χ1v) is 13.4. The maximum Gasteiger partial charge on any atom is 0.494 e. The van der Waals surface area contributed by atoms with Gasteiger partial charge in [0.15, 0.2) is 11.9 Å². The zero-order valence-electron chi connectivity index (χ0n) is 21.5. The number of alkyl halides is 3. The van der Waals surface area contributed by atoms with Crippen molar-refractivity contribution in [3.63, 3.8) is 0 Å². The highest BCUT2D eigenvalue weighted by atomic mass is 32.2. The number of halogens is 4. The molecular formula is C27H28BF4NO4S. The van der Waals surface area contributed by atoms with Crippen LogP contribution >= 0.6 is 11.8 Å². The van der Waals surface area contributed by atoms with E-state index in [0.29, 0.717) is 16.1 Å². The topological polar surface area (TPSA) is 57.1 Å². The first-order chi connectivity index (χ1) is 17.7. The number of ketones is 1. The molecule has 38 heavy (non-hydrogen) atoms. The molecule has 0 unspecified atom stereocenters. The summed E-state index contributed by atoms with van der Waals surface area (Å²) in [7, 11) is -0.837. The maximum absolute atomic E-state index is 15.5. The van der Waals surface area contributed by atoms with Gasteiger partial charge in [-0.25, -0.2) is 4.39 Å². The van der Waals surface area contributed by atoms with Gasteiger partial charge in [0.2, 0.25) is 0 Å². The molecule has 0 spiro atoms. The van der Waals surface area contributed by atoms with Gasteiger partial charge in [0.1, 0.15) is 11.4 Å². The normalized spacial score (nSPS) is 28.2. The van der Waals surface area contributed by atoms with Crippen molar-refractivity contribution < 1.29 is 36.4 Å². The summed E-state index contributed by atoms with van der Waals surface area (Å²) in [6, 6.07) is 12.8. The van der Waals surface area contributed by atoms with E-state index < -0.39 is 54.5 Å². The first kappa shape index (κ1) is 27.4. The average molecular weight is 549 g/mol. The number of nitrogens with zero attached hydrogens (tertiary/aromatic N) is 1. The van der Waals surface area contributed by atoms with Gasteiger partial charge in [0.05, 0.1) is 29.3 Å². The Morgan fingerprint density at radius 1 is 1.08 bits per heavy atom. The summed E-state index contributed by atoms with van der Waals surface area (Å²) in [6.45, 7) is 7.05. The van der Waals surface area contributed by atoms with Gasteiger partial charge in [-0.15, -0.1) is 11.8 Å². The van der Waals surface area contributed by atoms with Gasteiger partial charge in [0, 0.05) is 22.8 Å². The van der Waals surface area contributed by atoms with Gasteiger partial charge < -0.3 is 14.0 Å². The van der Waals surface area contributed by atoms with Crippen molar-refractivity contribution >= 4 is 35.2 Å². The largest absolute Gasteiger partial charge is 0.494 e.